The van der Waals surface area contributed by atoms with E-state index in [2.05, 4.69) is 31.2 Å². The van der Waals surface area contributed by atoms with Gasteiger partial charge in [0, 0.05) is 12.1 Å². The second-order valence-electron chi connectivity index (χ2n) is 6.42. The molecule has 0 unspecified atom stereocenters. The van der Waals surface area contributed by atoms with Crippen LogP contribution in [0, 0.1) is 5.82 Å². The Bertz CT molecular complexity index is 1210. The number of hydrogen-bond acceptors (Lipinski definition) is 8. The number of nitrogens with one attached hydrogen (secondary N) is 1. The zero-order valence-electron chi connectivity index (χ0n) is 17.3. The number of amides is 1. The van der Waals surface area contributed by atoms with Crippen molar-refractivity contribution in [3.8, 4) is 22.9 Å². The van der Waals surface area contributed by atoms with E-state index in [0.29, 0.717) is 41.8 Å². The van der Waals surface area contributed by atoms with Crippen LogP contribution in [0.4, 0.5) is 10.1 Å². The second kappa shape index (κ2) is 9.20. The summed E-state index contributed by atoms with van der Waals surface area (Å²) >= 11 is 0. The van der Waals surface area contributed by atoms with Crippen LogP contribution in [0.3, 0.4) is 0 Å². The smallest absolute Gasteiger partial charge is 0.277 e. The summed E-state index contributed by atoms with van der Waals surface area (Å²) in [7, 11) is 0. The summed E-state index contributed by atoms with van der Waals surface area (Å²) in [6, 6.07) is 8.97. The molecule has 4 rings (SSSR count). The molecule has 0 saturated heterocycles. The Morgan fingerprint density at radius 3 is 2.47 bits per heavy atom. The highest BCUT2D eigenvalue weighted by atomic mass is 19.1. The number of nitrogens with zero attached hydrogens (tertiary/aromatic N) is 7. The second-order valence-corrected chi connectivity index (χ2v) is 6.42. The van der Waals surface area contributed by atoms with Gasteiger partial charge >= 0.3 is 0 Å². The molecule has 0 radical (unpaired) electrons. The highest BCUT2D eigenvalue weighted by Gasteiger charge is 2.19. The molecule has 1 N–H and O–H groups in total. The van der Waals surface area contributed by atoms with Crippen LogP contribution >= 0.6 is 0 Å². The van der Waals surface area contributed by atoms with Gasteiger partial charge in [0.1, 0.15) is 29.3 Å². The van der Waals surface area contributed by atoms with Crippen molar-refractivity contribution in [2.75, 3.05) is 18.5 Å². The fourth-order valence-corrected chi connectivity index (χ4v) is 2.92. The largest absolute Gasteiger partial charge is 0.492 e. The molecule has 1 amide bonds. The molecule has 0 spiro atoms. The van der Waals surface area contributed by atoms with E-state index < -0.39 is 5.91 Å². The van der Waals surface area contributed by atoms with E-state index in [-0.39, 0.29) is 11.5 Å². The Balaban J connectivity index is 1.63. The average molecular weight is 438 g/mol. The van der Waals surface area contributed by atoms with Crippen molar-refractivity contribution in [1.29, 1.82) is 0 Å². The molecule has 2 aromatic heterocycles. The van der Waals surface area contributed by atoms with Gasteiger partial charge in [-0.05, 0) is 48.5 Å². The fourth-order valence-electron chi connectivity index (χ4n) is 2.92. The van der Waals surface area contributed by atoms with E-state index in [1.807, 2.05) is 13.8 Å². The average Bonchev–Trinajstić information content (AvgIpc) is 3.49. The highest BCUT2D eigenvalue weighted by molar-refractivity contribution is 6.03. The van der Waals surface area contributed by atoms with E-state index in [9.17, 15) is 9.18 Å². The first-order valence-corrected chi connectivity index (χ1v) is 9.75. The monoisotopic (exact) mass is 438 g/mol. The summed E-state index contributed by atoms with van der Waals surface area (Å²) in [5, 5.41) is 21.8. The summed E-state index contributed by atoms with van der Waals surface area (Å²) in [6.07, 6.45) is 2.88. The molecule has 0 atom stereocenters. The van der Waals surface area contributed by atoms with Crippen molar-refractivity contribution >= 4 is 11.6 Å². The van der Waals surface area contributed by atoms with Crippen LogP contribution in [0.25, 0.3) is 11.4 Å². The van der Waals surface area contributed by atoms with Crippen LogP contribution in [-0.2, 0) is 0 Å². The number of carbonyl (C=O) groups excluding carboxylic acids is 1. The molecule has 0 aliphatic heterocycles. The lowest BCUT2D eigenvalue weighted by Gasteiger charge is -2.16. The van der Waals surface area contributed by atoms with E-state index in [0.717, 1.165) is 0 Å². The van der Waals surface area contributed by atoms with Gasteiger partial charge in [0.15, 0.2) is 5.69 Å². The Kier molecular flexibility index (Phi) is 6.01. The first-order chi connectivity index (χ1) is 15.6. The third-order valence-corrected chi connectivity index (χ3v) is 4.32. The van der Waals surface area contributed by atoms with Crippen LogP contribution in [-0.4, -0.2) is 54.3 Å². The Hall–Kier alpha value is -4.35. The van der Waals surface area contributed by atoms with E-state index in [4.69, 9.17) is 9.47 Å². The third kappa shape index (κ3) is 4.38. The number of anilines is 1. The minimum absolute atomic E-state index is 0.0688. The first-order valence-electron chi connectivity index (χ1n) is 9.75. The van der Waals surface area contributed by atoms with Gasteiger partial charge in [-0.1, -0.05) is 5.21 Å². The molecule has 0 aliphatic rings. The van der Waals surface area contributed by atoms with Gasteiger partial charge in [-0.2, -0.15) is 4.68 Å². The fraction of sp³-hybridized carbons (Fsp3) is 0.200. The van der Waals surface area contributed by atoms with Gasteiger partial charge < -0.3 is 14.8 Å². The van der Waals surface area contributed by atoms with Crippen LogP contribution < -0.4 is 14.8 Å². The molecular weight excluding hydrogens is 419 g/mol. The molecule has 0 saturated carbocycles. The maximum absolute atomic E-state index is 13.1. The number of halogens is 1. The summed E-state index contributed by atoms with van der Waals surface area (Å²) < 4.78 is 27.4. The predicted octanol–water partition coefficient (Wildman–Crippen LogP) is 2.43. The molecule has 2 heterocycles. The lowest BCUT2D eigenvalue weighted by molar-refractivity contribution is 0.102. The van der Waals surface area contributed by atoms with Crippen molar-refractivity contribution in [3.63, 3.8) is 0 Å². The van der Waals surface area contributed by atoms with Crippen molar-refractivity contribution in [2.24, 2.45) is 0 Å². The minimum atomic E-state index is -0.503. The maximum atomic E-state index is 13.1. The van der Waals surface area contributed by atoms with Crippen LogP contribution in [0.1, 0.15) is 24.3 Å². The third-order valence-electron chi connectivity index (χ3n) is 4.32. The molecule has 32 heavy (non-hydrogen) atoms. The maximum Gasteiger partial charge on any atom is 0.277 e. The standard InChI is InChI=1S/C20H19FN8O3/c1-3-31-18-10-17(29-12-22-25-27-29)19(32-4-2)9-15(18)23-20(30)16-11-28(26-24-16)14-7-5-13(21)6-8-14/h5-12H,3-4H2,1-2H3,(H,23,30). The number of benzene rings is 2. The molecule has 164 valence electrons. The van der Waals surface area contributed by atoms with Gasteiger partial charge in [-0.3, -0.25) is 4.79 Å². The number of rotatable bonds is 8. The summed E-state index contributed by atoms with van der Waals surface area (Å²) in [5.74, 6) is -0.0170. The SMILES string of the molecule is CCOc1cc(-n2cnnn2)c(OCC)cc1NC(=O)c1cn(-c2ccc(F)cc2)nn1. The normalized spacial score (nSPS) is 10.7. The van der Waals surface area contributed by atoms with Crippen molar-refractivity contribution in [2.45, 2.75) is 13.8 Å². The summed E-state index contributed by atoms with van der Waals surface area (Å²) in [6.45, 7) is 4.42. The lowest BCUT2D eigenvalue weighted by Crippen LogP contribution is -2.14. The Morgan fingerprint density at radius 2 is 1.78 bits per heavy atom. The summed E-state index contributed by atoms with van der Waals surface area (Å²) in [4.78, 5) is 12.8. The minimum Gasteiger partial charge on any atom is -0.492 e. The van der Waals surface area contributed by atoms with Crippen molar-refractivity contribution in [3.05, 3.63) is 60.4 Å². The number of hydrogen-bond donors (Lipinski definition) is 1. The van der Waals surface area contributed by atoms with Crippen molar-refractivity contribution in [1.82, 2.24) is 35.2 Å². The van der Waals surface area contributed by atoms with E-state index >= 15 is 0 Å². The van der Waals surface area contributed by atoms with Gasteiger partial charge in [0.25, 0.3) is 5.91 Å². The molecule has 0 fully saturated rings. The number of tetrazole rings is 1. The van der Waals surface area contributed by atoms with Crippen LogP contribution in [0.5, 0.6) is 11.5 Å². The zero-order chi connectivity index (χ0) is 22.5. The zero-order valence-corrected chi connectivity index (χ0v) is 17.3. The quantitative estimate of drug-likeness (QED) is 0.445. The summed E-state index contributed by atoms with van der Waals surface area (Å²) in [5.41, 5.74) is 1.57. The van der Waals surface area contributed by atoms with Gasteiger partial charge in [-0.25, -0.2) is 9.07 Å². The van der Waals surface area contributed by atoms with Gasteiger partial charge in [0.2, 0.25) is 0 Å². The predicted molar refractivity (Wildman–Crippen MR) is 111 cm³/mol. The molecule has 11 nitrogen and oxygen atoms in total. The lowest BCUT2D eigenvalue weighted by atomic mass is 10.2. The van der Waals surface area contributed by atoms with Gasteiger partial charge in [0.05, 0.1) is 30.8 Å². The van der Waals surface area contributed by atoms with Crippen LogP contribution in [0.15, 0.2) is 48.9 Å². The Labute approximate surface area is 181 Å². The molecule has 0 bridgehead atoms. The molecule has 2 aromatic carbocycles. The van der Waals surface area contributed by atoms with E-state index in [1.165, 1.54) is 46.2 Å². The molecule has 4 aromatic rings. The van der Waals surface area contributed by atoms with Gasteiger partial charge in [-0.15, -0.1) is 10.2 Å². The molecule has 12 heteroatoms. The van der Waals surface area contributed by atoms with Crippen molar-refractivity contribution < 1.29 is 18.7 Å². The highest BCUT2D eigenvalue weighted by Crippen LogP contribution is 2.35. The van der Waals surface area contributed by atoms with Crippen LogP contribution in [0.2, 0.25) is 0 Å². The number of aromatic nitrogens is 7. The number of carbonyl (C=O) groups is 1. The Morgan fingerprint density at radius 1 is 1.03 bits per heavy atom. The van der Waals surface area contributed by atoms with E-state index in [1.54, 1.807) is 12.1 Å². The first kappa shape index (κ1) is 20.9. The molecular formula is C20H19FN8O3. The topological polar surface area (TPSA) is 122 Å². The molecule has 0 aliphatic carbocycles. The number of ether oxygens (including phenoxy) is 2.